The summed E-state index contributed by atoms with van der Waals surface area (Å²) in [7, 11) is 0. The van der Waals surface area contributed by atoms with Crippen molar-refractivity contribution in [2.75, 3.05) is 5.32 Å². The van der Waals surface area contributed by atoms with Crippen molar-refractivity contribution in [2.24, 2.45) is 0 Å². The lowest BCUT2D eigenvalue weighted by molar-refractivity contribution is -0.116. The average molecular weight is 350 g/mol. The number of benzene rings is 1. The lowest BCUT2D eigenvalue weighted by atomic mass is 10.2. The molecule has 26 heavy (non-hydrogen) atoms. The number of amides is 1. The number of nitrogens with one attached hydrogen (secondary N) is 3. The van der Waals surface area contributed by atoms with E-state index in [0.717, 1.165) is 0 Å². The number of fused-ring (bicyclic) bond motifs is 1. The fourth-order valence-corrected chi connectivity index (χ4v) is 2.51. The van der Waals surface area contributed by atoms with Crippen molar-refractivity contribution in [3.05, 3.63) is 59.0 Å². The zero-order valence-electron chi connectivity index (χ0n) is 13.5. The SMILES string of the molecule is O=C(CCc1nc(-c2ccccn2)no1)Nc1ccc2[nH]c(=O)[nH]c2c1. The number of aromatic amines is 2. The van der Waals surface area contributed by atoms with Crippen LogP contribution in [0, 0.1) is 0 Å². The number of aromatic nitrogens is 5. The lowest BCUT2D eigenvalue weighted by Crippen LogP contribution is -2.12. The van der Waals surface area contributed by atoms with Crippen LogP contribution in [-0.4, -0.2) is 31.0 Å². The van der Waals surface area contributed by atoms with Crippen LogP contribution in [0.4, 0.5) is 5.69 Å². The quantitative estimate of drug-likeness (QED) is 0.504. The van der Waals surface area contributed by atoms with Gasteiger partial charge in [-0.3, -0.25) is 9.78 Å². The number of pyridine rings is 1. The molecule has 3 aromatic heterocycles. The number of carbonyl (C=O) groups excluding carboxylic acids is 1. The Morgan fingerprint density at radius 3 is 2.88 bits per heavy atom. The second kappa shape index (κ2) is 6.63. The molecular weight excluding hydrogens is 336 g/mol. The zero-order valence-corrected chi connectivity index (χ0v) is 13.5. The first-order chi connectivity index (χ1) is 12.7. The van der Waals surface area contributed by atoms with Gasteiger partial charge in [-0.15, -0.1) is 0 Å². The summed E-state index contributed by atoms with van der Waals surface area (Å²) in [6.07, 6.45) is 2.15. The van der Waals surface area contributed by atoms with Gasteiger partial charge in [0.1, 0.15) is 5.69 Å². The number of carbonyl (C=O) groups is 1. The second-order valence-corrected chi connectivity index (χ2v) is 5.61. The van der Waals surface area contributed by atoms with Crippen LogP contribution in [0.25, 0.3) is 22.6 Å². The largest absolute Gasteiger partial charge is 0.339 e. The molecule has 0 spiro atoms. The first-order valence-electron chi connectivity index (χ1n) is 7.93. The van der Waals surface area contributed by atoms with Crippen molar-refractivity contribution in [3.63, 3.8) is 0 Å². The maximum absolute atomic E-state index is 12.1. The zero-order chi connectivity index (χ0) is 17.9. The van der Waals surface area contributed by atoms with Crippen molar-refractivity contribution >= 4 is 22.6 Å². The van der Waals surface area contributed by atoms with E-state index in [1.54, 1.807) is 36.5 Å². The maximum Gasteiger partial charge on any atom is 0.323 e. The van der Waals surface area contributed by atoms with E-state index in [-0.39, 0.29) is 18.0 Å². The molecule has 0 saturated carbocycles. The van der Waals surface area contributed by atoms with Gasteiger partial charge in [0.2, 0.25) is 17.6 Å². The summed E-state index contributed by atoms with van der Waals surface area (Å²) in [6, 6.07) is 10.5. The van der Waals surface area contributed by atoms with Crippen molar-refractivity contribution in [1.29, 1.82) is 0 Å². The Kier molecular flexibility index (Phi) is 4.02. The highest BCUT2D eigenvalue weighted by molar-refractivity contribution is 5.93. The second-order valence-electron chi connectivity index (χ2n) is 5.61. The Labute approximate surface area is 146 Å². The van der Waals surface area contributed by atoms with E-state index in [1.807, 2.05) is 6.07 Å². The van der Waals surface area contributed by atoms with Crippen LogP contribution in [0.3, 0.4) is 0 Å². The number of hydrogen-bond donors (Lipinski definition) is 3. The van der Waals surface area contributed by atoms with Gasteiger partial charge in [-0.05, 0) is 30.3 Å². The van der Waals surface area contributed by atoms with Gasteiger partial charge in [0.05, 0.1) is 11.0 Å². The lowest BCUT2D eigenvalue weighted by Gasteiger charge is -2.04. The monoisotopic (exact) mass is 350 g/mol. The van der Waals surface area contributed by atoms with Crippen molar-refractivity contribution in [2.45, 2.75) is 12.8 Å². The minimum absolute atomic E-state index is 0.186. The van der Waals surface area contributed by atoms with E-state index in [1.165, 1.54) is 0 Å². The van der Waals surface area contributed by atoms with E-state index >= 15 is 0 Å². The Bertz CT molecular complexity index is 1110. The third kappa shape index (κ3) is 3.36. The molecule has 0 aliphatic heterocycles. The summed E-state index contributed by atoms with van der Waals surface area (Å²) < 4.78 is 5.16. The van der Waals surface area contributed by atoms with Crippen molar-refractivity contribution in [3.8, 4) is 11.5 Å². The predicted octanol–water partition coefficient (Wildman–Crippen LogP) is 1.87. The van der Waals surface area contributed by atoms with E-state index < -0.39 is 0 Å². The van der Waals surface area contributed by atoms with Crippen LogP contribution in [-0.2, 0) is 11.2 Å². The number of anilines is 1. The van der Waals surface area contributed by atoms with Gasteiger partial charge >= 0.3 is 5.69 Å². The fourth-order valence-electron chi connectivity index (χ4n) is 2.51. The molecule has 9 heteroatoms. The highest BCUT2D eigenvalue weighted by Crippen LogP contribution is 2.16. The Morgan fingerprint density at radius 1 is 1.15 bits per heavy atom. The minimum Gasteiger partial charge on any atom is -0.339 e. The number of hydrogen-bond acceptors (Lipinski definition) is 6. The molecule has 1 amide bonds. The van der Waals surface area contributed by atoms with Gasteiger partial charge in [-0.2, -0.15) is 4.98 Å². The Morgan fingerprint density at radius 2 is 2.04 bits per heavy atom. The molecule has 0 unspecified atom stereocenters. The average Bonchev–Trinajstić information content (AvgIpc) is 3.26. The summed E-state index contributed by atoms with van der Waals surface area (Å²) in [5.74, 6) is 0.564. The van der Waals surface area contributed by atoms with Gasteiger partial charge in [0.25, 0.3) is 0 Å². The summed E-state index contributed by atoms with van der Waals surface area (Å²) in [6.45, 7) is 0. The molecule has 0 aliphatic carbocycles. The molecule has 0 atom stereocenters. The third-order valence-electron chi connectivity index (χ3n) is 3.73. The summed E-state index contributed by atoms with van der Waals surface area (Å²) in [5, 5.41) is 6.64. The van der Waals surface area contributed by atoms with E-state index in [0.29, 0.717) is 40.6 Å². The predicted molar refractivity (Wildman–Crippen MR) is 93.4 cm³/mol. The van der Waals surface area contributed by atoms with Crippen LogP contribution >= 0.6 is 0 Å². The molecule has 130 valence electrons. The molecule has 4 aromatic rings. The minimum atomic E-state index is -0.288. The molecular formula is C17H14N6O3. The van der Waals surface area contributed by atoms with E-state index in [2.05, 4.69) is 30.4 Å². The molecule has 0 radical (unpaired) electrons. The highest BCUT2D eigenvalue weighted by atomic mass is 16.5. The molecule has 1 aromatic carbocycles. The first kappa shape index (κ1) is 15.8. The van der Waals surface area contributed by atoms with Gasteiger partial charge in [0, 0.05) is 24.7 Å². The van der Waals surface area contributed by atoms with Crippen LogP contribution in [0.1, 0.15) is 12.3 Å². The van der Waals surface area contributed by atoms with E-state index in [9.17, 15) is 9.59 Å². The Hall–Kier alpha value is -3.75. The normalized spacial score (nSPS) is 10.9. The van der Waals surface area contributed by atoms with Gasteiger partial charge in [0.15, 0.2) is 0 Å². The van der Waals surface area contributed by atoms with Crippen molar-refractivity contribution in [1.82, 2.24) is 25.1 Å². The standard InChI is InChI=1S/C17H14N6O3/c24-14(19-10-4-5-11-13(9-10)21-17(25)20-11)6-7-15-22-16(23-26-15)12-3-1-2-8-18-12/h1-5,8-9H,6-7H2,(H,19,24)(H2,20,21,25). The number of imidazole rings is 1. The Balaban J connectivity index is 1.37. The number of aryl methyl sites for hydroxylation is 1. The highest BCUT2D eigenvalue weighted by Gasteiger charge is 2.11. The summed E-state index contributed by atoms with van der Waals surface area (Å²) in [5.41, 5.74) is 2.23. The van der Waals surface area contributed by atoms with E-state index in [4.69, 9.17) is 4.52 Å². The first-order valence-corrected chi connectivity index (χ1v) is 7.93. The number of rotatable bonds is 5. The summed E-state index contributed by atoms with van der Waals surface area (Å²) in [4.78, 5) is 37.0. The van der Waals surface area contributed by atoms with Crippen LogP contribution in [0.5, 0.6) is 0 Å². The molecule has 0 fully saturated rings. The smallest absolute Gasteiger partial charge is 0.323 e. The molecule has 0 aliphatic rings. The fraction of sp³-hybridized carbons (Fsp3) is 0.118. The molecule has 0 bridgehead atoms. The molecule has 0 saturated heterocycles. The topological polar surface area (TPSA) is 130 Å². The molecule has 9 nitrogen and oxygen atoms in total. The molecule has 3 N–H and O–H groups in total. The van der Waals surface area contributed by atoms with Gasteiger partial charge in [-0.25, -0.2) is 4.79 Å². The number of H-pyrrole nitrogens is 2. The summed E-state index contributed by atoms with van der Waals surface area (Å²) >= 11 is 0. The van der Waals surface area contributed by atoms with Crippen molar-refractivity contribution < 1.29 is 9.32 Å². The third-order valence-corrected chi connectivity index (χ3v) is 3.73. The molecule has 4 rings (SSSR count). The van der Waals surface area contributed by atoms with Gasteiger partial charge in [-0.1, -0.05) is 11.2 Å². The van der Waals surface area contributed by atoms with Crippen LogP contribution in [0.2, 0.25) is 0 Å². The maximum atomic E-state index is 12.1. The van der Waals surface area contributed by atoms with Crippen LogP contribution < -0.4 is 11.0 Å². The number of nitrogens with zero attached hydrogens (tertiary/aromatic N) is 3. The van der Waals surface area contributed by atoms with Gasteiger partial charge < -0.3 is 19.8 Å². The van der Waals surface area contributed by atoms with Crippen LogP contribution in [0.15, 0.2) is 51.9 Å². The molecule has 3 heterocycles.